The zero-order valence-electron chi connectivity index (χ0n) is 10.7. The van der Waals surface area contributed by atoms with E-state index in [0.717, 1.165) is 31.2 Å². The Morgan fingerprint density at radius 1 is 1.35 bits per heavy atom. The summed E-state index contributed by atoms with van der Waals surface area (Å²) in [5.41, 5.74) is 0.747. The van der Waals surface area contributed by atoms with Crippen LogP contribution in [0.5, 0.6) is 0 Å². The highest BCUT2D eigenvalue weighted by Crippen LogP contribution is 2.33. The Balaban J connectivity index is 2.13. The van der Waals surface area contributed by atoms with E-state index in [2.05, 4.69) is 4.90 Å². The summed E-state index contributed by atoms with van der Waals surface area (Å²) >= 11 is 0. The summed E-state index contributed by atoms with van der Waals surface area (Å²) in [7, 11) is 4.05. The summed E-state index contributed by atoms with van der Waals surface area (Å²) in [5, 5.41) is 0. The molecule has 1 aromatic heterocycles. The van der Waals surface area contributed by atoms with E-state index in [4.69, 9.17) is 4.42 Å². The first-order chi connectivity index (χ1) is 8.15. The number of Topliss-reactive ketones (excluding diaryl/α,β-unsaturated/α-hetero) is 1. The molecular formula is C14H21NO2. The fourth-order valence-corrected chi connectivity index (χ4v) is 2.86. The largest absolute Gasteiger partial charge is 0.472 e. The van der Waals surface area contributed by atoms with Gasteiger partial charge in [-0.15, -0.1) is 0 Å². The van der Waals surface area contributed by atoms with Gasteiger partial charge in [0.15, 0.2) is 5.78 Å². The van der Waals surface area contributed by atoms with Gasteiger partial charge >= 0.3 is 0 Å². The second-order valence-electron chi connectivity index (χ2n) is 5.22. The van der Waals surface area contributed by atoms with Crippen molar-refractivity contribution in [3.05, 3.63) is 24.2 Å². The zero-order chi connectivity index (χ0) is 12.3. The molecular weight excluding hydrogens is 214 g/mol. The van der Waals surface area contributed by atoms with Gasteiger partial charge in [0.25, 0.3) is 0 Å². The molecule has 17 heavy (non-hydrogen) atoms. The normalized spacial score (nSPS) is 19.5. The molecule has 1 saturated carbocycles. The van der Waals surface area contributed by atoms with Gasteiger partial charge in [-0.25, -0.2) is 0 Å². The van der Waals surface area contributed by atoms with E-state index in [1.807, 2.05) is 20.2 Å². The van der Waals surface area contributed by atoms with Crippen LogP contribution in [0, 0.1) is 0 Å². The quantitative estimate of drug-likeness (QED) is 0.804. The first-order valence-corrected chi connectivity index (χ1v) is 6.37. The second kappa shape index (κ2) is 5.05. The lowest BCUT2D eigenvalue weighted by molar-refractivity contribution is -0.131. The predicted octanol–water partition coefficient (Wildman–Crippen LogP) is 2.66. The summed E-state index contributed by atoms with van der Waals surface area (Å²) in [5.74, 6) is 0.337. The first kappa shape index (κ1) is 12.4. The number of carbonyl (C=O) groups excluding carboxylic acids is 1. The van der Waals surface area contributed by atoms with Crippen molar-refractivity contribution in [3.63, 3.8) is 0 Å². The molecule has 1 fully saturated rings. The second-order valence-corrected chi connectivity index (χ2v) is 5.22. The maximum absolute atomic E-state index is 12.5. The Morgan fingerprint density at radius 2 is 2.06 bits per heavy atom. The number of likely N-dealkylation sites (N-methyl/N-ethyl adjacent to an activating group) is 1. The van der Waals surface area contributed by atoms with Crippen molar-refractivity contribution >= 4 is 5.78 Å². The SMILES string of the molecule is CN(C)C1(C(=O)Cc2ccoc2)CCCCC1. The number of furan rings is 1. The Morgan fingerprint density at radius 3 is 2.59 bits per heavy atom. The number of hydrogen-bond acceptors (Lipinski definition) is 3. The lowest BCUT2D eigenvalue weighted by atomic mass is 9.76. The Hall–Kier alpha value is -1.09. The van der Waals surface area contributed by atoms with Crippen molar-refractivity contribution in [1.29, 1.82) is 0 Å². The number of carbonyl (C=O) groups is 1. The van der Waals surface area contributed by atoms with Crippen LogP contribution >= 0.6 is 0 Å². The van der Waals surface area contributed by atoms with Gasteiger partial charge in [-0.1, -0.05) is 19.3 Å². The van der Waals surface area contributed by atoms with E-state index in [1.54, 1.807) is 12.5 Å². The molecule has 0 unspecified atom stereocenters. The molecule has 1 heterocycles. The maximum atomic E-state index is 12.5. The summed E-state index contributed by atoms with van der Waals surface area (Å²) in [4.78, 5) is 14.7. The van der Waals surface area contributed by atoms with Gasteiger partial charge in [-0.05, 0) is 38.6 Å². The van der Waals surface area contributed by atoms with Crippen molar-refractivity contribution in [1.82, 2.24) is 4.90 Å². The molecule has 3 nitrogen and oxygen atoms in total. The van der Waals surface area contributed by atoms with Crippen LogP contribution in [0.25, 0.3) is 0 Å². The van der Waals surface area contributed by atoms with Crippen molar-refractivity contribution < 1.29 is 9.21 Å². The monoisotopic (exact) mass is 235 g/mol. The summed E-state index contributed by atoms with van der Waals surface area (Å²) in [6.45, 7) is 0. The molecule has 0 aliphatic heterocycles. The molecule has 0 spiro atoms. The smallest absolute Gasteiger partial charge is 0.157 e. The summed E-state index contributed by atoms with van der Waals surface area (Å²) < 4.78 is 5.03. The minimum Gasteiger partial charge on any atom is -0.472 e. The van der Waals surface area contributed by atoms with Gasteiger partial charge in [0, 0.05) is 6.42 Å². The van der Waals surface area contributed by atoms with E-state index >= 15 is 0 Å². The van der Waals surface area contributed by atoms with Gasteiger partial charge in [0.05, 0.1) is 18.1 Å². The molecule has 0 radical (unpaired) electrons. The third-order valence-corrected chi connectivity index (χ3v) is 4.00. The highest BCUT2D eigenvalue weighted by atomic mass is 16.3. The third-order valence-electron chi connectivity index (χ3n) is 4.00. The van der Waals surface area contributed by atoms with Crippen molar-refractivity contribution in [2.24, 2.45) is 0 Å². The lowest BCUT2D eigenvalue weighted by Gasteiger charge is -2.41. The van der Waals surface area contributed by atoms with Gasteiger partial charge in [0.1, 0.15) is 0 Å². The third kappa shape index (κ3) is 2.44. The molecule has 3 heteroatoms. The van der Waals surface area contributed by atoms with Gasteiger partial charge in [0.2, 0.25) is 0 Å². The average Bonchev–Trinajstić information content (AvgIpc) is 2.82. The van der Waals surface area contributed by atoms with Gasteiger partial charge < -0.3 is 4.42 Å². The van der Waals surface area contributed by atoms with Crippen LogP contribution in [0.15, 0.2) is 23.0 Å². The van der Waals surface area contributed by atoms with Gasteiger partial charge in [-0.3, -0.25) is 9.69 Å². The van der Waals surface area contributed by atoms with Crippen molar-refractivity contribution in [3.8, 4) is 0 Å². The van der Waals surface area contributed by atoms with E-state index in [0.29, 0.717) is 12.2 Å². The minimum absolute atomic E-state index is 0.241. The Kier molecular flexibility index (Phi) is 3.67. The van der Waals surface area contributed by atoms with Crippen LogP contribution in [-0.4, -0.2) is 30.3 Å². The Labute approximate surface area is 103 Å². The first-order valence-electron chi connectivity index (χ1n) is 6.37. The molecule has 94 valence electrons. The van der Waals surface area contributed by atoms with Crippen LogP contribution in [0.1, 0.15) is 37.7 Å². The van der Waals surface area contributed by atoms with Crippen LogP contribution in [0.2, 0.25) is 0 Å². The predicted molar refractivity (Wildman–Crippen MR) is 66.9 cm³/mol. The van der Waals surface area contributed by atoms with Gasteiger partial charge in [-0.2, -0.15) is 0 Å². The molecule has 0 saturated heterocycles. The molecule has 1 aliphatic rings. The fraction of sp³-hybridized carbons (Fsp3) is 0.643. The van der Waals surface area contributed by atoms with Crippen molar-refractivity contribution in [2.45, 2.75) is 44.1 Å². The molecule has 0 aromatic carbocycles. The minimum atomic E-state index is -0.241. The Bertz CT molecular complexity index is 362. The summed E-state index contributed by atoms with van der Waals surface area (Å²) in [6.07, 6.45) is 9.37. The van der Waals surface area contributed by atoms with Crippen LogP contribution in [0.3, 0.4) is 0 Å². The van der Waals surface area contributed by atoms with E-state index < -0.39 is 0 Å². The number of nitrogens with zero attached hydrogens (tertiary/aromatic N) is 1. The van der Waals surface area contributed by atoms with E-state index in [9.17, 15) is 4.79 Å². The standard InChI is InChI=1S/C14H21NO2/c1-15(2)14(7-4-3-5-8-14)13(16)10-12-6-9-17-11-12/h6,9,11H,3-5,7-8,10H2,1-2H3. The van der Waals surface area contributed by atoms with Crippen LogP contribution in [-0.2, 0) is 11.2 Å². The molecule has 0 N–H and O–H groups in total. The maximum Gasteiger partial charge on any atom is 0.157 e. The van der Waals surface area contributed by atoms with E-state index in [-0.39, 0.29) is 5.54 Å². The summed E-state index contributed by atoms with van der Waals surface area (Å²) in [6, 6.07) is 1.88. The van der Waals surface area contributed by atoms with Crippen LogP contribution < -0.4 is 0 Å². The topological polar surface area (TPSA) is 33.5 Å². The highest BCUT2D eigenvalue weighted by Gasteiger charge is 2.40. The number of ketones is 1. The molecule has 1 aliphatic carbocycles. The average molecular weight is 235 g/mol. The molecule has 1 aromatic rings. The van der Waals surface area contributed by atoms with Crippen molar-refractivity contribution in [2.75, 3.05) is 14.1 Å². The van der Waals surface area contributed by atoms with E-state index in [1.165, 1.54) is 6.42 Å². The zero-order valence-corrected chi connectivity index (χ0v) is 10.7. The van der Waals surface area contributed by atoms with Crippen LogP contribution in [0.4, 0.5) is 0 Å². The number of rotatable bonds is 4. The molecule has 2 rings (SSSR count). The highest BCUT2D eigenvalue weighted by molar-refractivity contribution is 5.90. The number of hydrogen-bond donors (Lipinski definition) is 0. The molecule has 0 atom stereocenters. The fourth-order valence-electron chi connectivity index (χ4n) is 2.86. The molecule has 0 bridgehead atoms. The lowest BCUT2D eigenvalue weighted by Crippen LogP contribution is -2.53. The molecule has 0 amide bonds.